The molecule has 0 bridgehead atoms. The van der Waals surface area contributed by atoms with Gasteiger partial charge in [0.15, 0.2) is 0 Å². The summed E-state index contributed by atoms with van der Waals surface area (Å²) in [5.41, 5.74) is 11.4. The van der Waals surface area contributed by atoms with Crippen LogP contribution in [0.1, 0.15) is 12.8 Å². The number of anilines is 2. The van der Waals surface area contributed by atoms with Gasteiger partial charge in [0.25, 0.3) is 0 Å². The predicted molar refractivity (Wildman–Crippen MR) is 73.1 cm³/mol. The number of hydrogen-bond donors (Lipinski definition) is 5. The number of urea groups is 1. The van der Waals surface area contributed by atoms with Crippen molar-refractivity contribution < 1.29 is 19.5 Å². The number of benzene rings is 1. The molecule has 3 amide bonds. The average Bonchev–Trinajstić information content (AvgIpc) is 2.35. The van der Waals surface area contributed by atoms with E-state index in [1.165, 1.54) is 6.07 Å². The first kappa shape index (κ1) is 15.4. The monoisotopic (exact) mass is 280 g/mol. The number of carboxylic acid groups (broad SMARTS) is 1. The Bertz CT molecular complexity index is 518. The zero-order chi connectivity index (χ0) is 15.1. The molecule has 1 rings (SSSR count). The third kappa shape index (κ3) is 5.36. The molecule has 0 fully saturated rings. The highest BCUT2D eigenvalue weighted by molar-refractivity contribution is 5.96. The van der Waals surface area contributed by atoms with E-state index in [0.717, 1.165) is 0 Å². The van der Waals surface area contributed by atoms with Crippen LogP contribution < -0.4 is 22.1 Å². The van der Waals surface area contributed by atoms with E-state index < -0.39 is 23.9 Å². The number of hydrogen-bond acceptors (Lipinski definition) is 4. The van der Waals surface area contributed by atoms with Crippen LogP contribution in [0.5, 0.6) is 0 Å². The van der Waals surface area contributed by atoms with Crippen LogP contribution in [0, 0.1) is 0 Å². The first-order valence-electron chi connectivity index (χ1n) is 5.83. The Morgan fingerprint density at radius 1 is 1.20 bits per heavy atom. The van der Waals surface area contributed by atoms with Crippen LogP contribution in [0.4, 0.5) is 16.2 Å². The highest BCUT2D eigenvalue weighted by Gasteiger charge is 2.15. The summed E-state index contributed by atoms with van der Waals surface area (Å²) in [5, 5.41) is 13.4. The second kappa shape index (κ2) is 7.10. The maximum absolute atomic E-state index is 11.7. The quantitative estimate of drug-likeness (QED) is 0.508. The molecule has 7 N–H and O–H groups in total. The Hall–Kier alpha value is -2.61. The van der Waals surface area contributed by atoms with Gasteiger partial charge in [0, 0.05) is 17.8 Å². The molecule has 1 aromatic carbocycles. The van der Waals surface area contributed by atoms with E-state index in [4.69, 9.17) is 16.6 Å². The van der Waals surface area contributed by atoms with Gasteiger partial charge in [-0.25, -0.2) is 4.79 Å². The van der Waals surface area contributed by atoms with Crippen molar-refractivity contribution in [2.24, 2.45) is 11.5 Å². The van der Waals surface area contributed by atoms with Crippen LogP contribution in [-0.4, -0.2) is 29.1 Å². The highest BCUT2D eigenvalue weighted by Crippen LogP contribution is 2.15. The summed E-state index contributed by atoms with van der Waals surface area (Å²) >= 11 is 0. The molecule has 0 aliphatic carbocycles. The number of nitrogens with two attached hydrogens (primary N) is 2. The first-order valence-corrected chi connectivity index (χ1v) is 5.83. The molecule has 8 heteroatoms. The first-order chi connectivity index (χ1) is 9.38. The van der Waals surface area contributed by atoms with Gasteiger partial charge >= 0.3 is 12.0 Å². The fraction of sp³-hybridized carbons (Fsp3) is 0.250. The molecule has 0 radical (unpaired) electrons. The minimum atomic E-state index is -1.01. The van der Waals surface area contributed by atoms with Gasteiger partial charge in [-0.3, -0.25) is 9.59 Å². The number of nitrogens with one attached hydrogen (secondary N) is 2. The summed E-state index contributed by atoms with van der Waals surface area (Å²) in [6, 6.07) is 4.69. The molecular formula is C12H16N4O4. The number of amides is 3. The molecule has 0 aromatic heterocycles. The third-order valence-electron chi connectivity index (χ3n) is 2.40. The largest absolute Gasteiger partial charge is 0.481 e. The molecule has 1 atom stereocenters. The van der Waals surface area contributed by atoms with E-state index in [1.54, 1.807) is 18.2 Å². The summed E-state index contributed by atoms with van der Waals surface area (Å²) in [6.45, 7) is 0. The van der Waals surface area contributed by atoms with E-state index >= 15 is 0 Å². The lowest BCUT2D eigenvalue weighted by molar-refractivity contribution is -0.137. The van der Waals surface area contributed by atoms with Gasteiger partial charge in [-0.15, -0.1) is 0 Å². The summed E-state index contributed by atoms with van der Waals surface area (Å²) in [4.78, 5) is 32.8. The smallest absolute Gasteiger partial charge is 0.316 e. The minimum absolute atomic E-state index is 0.0421. The van der Waals surface area contributed by atoms with Crippen molar-refractivity contribution >= 4 is 29.3 Å². The van der Waals surface area contributed by atoms with Crippen LogP contribution >= 0.6 is 0 Å². The Morgan fingerprint density at radius 3 is 2.35 bits per heavy atom. The van der Waals surface area contributed by atoms with E-state index in [2.05, 4.69) is 10.6 Å². The van der Waals surface area contributed by atoms with Gasteiger partial charge in [0.2, 0.25) is 5.91 Å². The molecule has 0 aliphatic rings. The minimum Gasteiger partial charge on any atom is -0.481 e. The SMILES string of the molecule is NC(=O)Nc1cccc(NC(=O)C(N)CCC(=O)O)c1. The molecule has 0 heterocycles. The van der Waals surface area contributed by atoms with Crippen molar-refractivity contribution in [3.8, 4) is 0 Å². The molecule has 1 aromatic rings. The normalized spacial score (nSPS) is 11.4. The van der Waals surface area contributed by atoms with Gasteiger partial charge in [0.1, 0.15) is 0 Å². The molecule has 108 valence electrons. The molecule has 8 nitrogen and oxygen atoms in total. The van der Waals surface area contributed by atoms with Gasteiger partial charge in [-0.1, -0.05) is 6.07 Å². The van der Waals surface area contributed by atoms with E-state index in [1.807, 2.05) is 0 Å². The van der Waals surface area contributed by atoms with Gasteiger partial charge in [0.05, 0.1) is 6.04 Å². The van der Waals surface area contributed by atoms with Crippen molar-refractivity contribution in [1.82, 2.24) is 0 Å². The van der Waals surface area contributed by atoms with E-state index in [-0.39, 0.29) is 12.8 Å². The fourth-order valence-electron chi connectivity index (χ4n) is 1.46. The maximum atomic E-state index is 11.7. The van der Waals surface area contributed by atoms with Crippen molar-refractivity contribution in [1.29, 1.82) is 0 Å². The van der Waals surface area contributed by atoms with Crippen molar-refractivity contribution in [2.45, 2.75) is 18.9 Å². The molecule has 20 heavy (non-hydrogen) atoms. The highest BCUT2D eigenvalue weighted by atomic mass is 16.4. The number of carboxylic acids is 1. The van der Waals surface area contributed by atoms with E-state index in [9.17, 15) is 14.4 Å². The molecule has 0 saturated heterocycles. The fourth-order valence-corrected chi connectivity index (χ4v) is 1.46. The molecule has 0 aliphatic heterocycles. The van der Waals surface area contributed by atoms with Crippen LogP contribution in [0.2, 0.25) is 0 Å². The van der Waals surface area contributed by atoms with Crippen LogP contribution in [-0.2, 0) is 9.59 Å². The third-order valence-corrected chi connectivity index (χ3v) is 2.40. The van der Waals surface area contributed by atoms with Crippen molar-refractivity contribution in [3.63, 3.8) is 0 Å². The lowest BCUT2D eigenvalue weighted by Gasteiger charge is -2.12. The molecule has 0 spiro atoms. The van der Waals surface area contributed by atoms with Crippen molar-refractivity contribution in [3.05, 3.63) is 24.3 Å². The summed E-state index contributed by atoms with van der Waals surface area (Å²) in [6.07, 6.45) is -0.141. The molecule has 0 saturated carbocycles. The lowest BCUT2D eigenvalue weighted by atomic mass is 10.1. The van der Waals surface area contributed by atoms with Gasteiger partial charge in [-0.2, -0.15) is 0 Å². The van der Waals surface area contributed by atoms with Crippen LogP contribution in [0.25, 0.3) is 0 Å². The predicted octanol–water partition coefficient (Wildman–Crippen LogP) is 0.308. The van der Waals surface area contributed by atoms with Crippen molar-refractivity contribution in [2.75, 3.05) is 10.6 Å². The molecule has 1 unspecified atom stereocenters. The van der Waals surface area contributed by atoms with Gasteiger partial charge in [-0.05, 0) is 24.6 Å². The van der Waals surface area contributed by atoms with Crippen LogP contribution in [0.15, 0.2) is 24.3 Å². The topological polar surface area (TPSA) is 148 Å². The van der Waals surface area contributed by atoms with Crippen LogP contribution in [0.3, 0.4) is 0 Å². The number of carbonyl (C=O) groups excluding carboxylic acids is 2. The lowest BCUT2D eigenvalue weighted by Crippen LogP contribution is -2.36. The second-order valence-electron chi connectivity index (χ2n) is 4.10. The number of aliphatic carboxylic acids is 1. The summed E-state index contributed by atoms with van der Waals surface area (Å²) in [5.74, 6) is -1.51. The Labute approximate surface area is 115 Å². The van der Waals surface area contributed by atoms with Gasteiger partial charge < -0.3 is 27.2 Å². The number of carbonyl (C=O) groups is 3. The number of rotatable bonds is 6. The number of primary amides is 1. The average molecular weight is 280 g/mol. The second-order valence-corrected chi connectivity index (χ2v) is 4.10. The standard InChI is InChI=1S/C12H16N4O4/c13-9(4-5-10(17)18)11(19)15-7-2-1-3-8(6-7)16-12(14)20/h1-3,6,9H,4-5,13H2,(H,15,19)(H,17,18)(H3,14,16,20). The Morgan fingerprint density at radius 2 is 1.80 bits per heavy atom. The maximum Gasteiger partial charge on any atom is 0.316 e. The molecular weight excluding hydrogens is 264 g/mol. The zero-order valence-corrected chi connectivity index (χ0v) is 10.6. The Kier molecular flexibility index (Phi) is 5.48. The Balaban J connectivity index is 2.61. The zero-order valence-electron chi connectivity index (χ0n) is 10.6. The van der Waals surface area contributed by atoms with E-state index in [0.29, 0.717) is 11.4 Å². The summed E-state index contributed by atoms with van der Waals surface area (Å²) in [7, 11) is 0. The summed E-state index contributed by atoms with van der Waals surface area (Å²) < 4.78 is 0.